The molecule has 5 saturated heterocycles. The van der Waals surface area contributed by atoms with Crippen LogP contribution in [0.3, 0.4) is 0 Å². The van der Waals surface area contributed by atoms with E-state index in [0.717, 1.165) is 176 Å². The maximum atomic E-state index is 13.9. The van der Waals surface area contributed by atoms with Crippen molar-refractivity contribution in [2.75, 3.05) is 65.6 Å². The third-order valence-electron chi connectivity index (χ3n) is 20.9. The van der Waals surface area contributed by atoms with Crippen LogP contribution in [0, 0.1) is 11.8 Å². The quantitative estimate of drug-likeness (QED) is 0.0312. The van der Waals surface area contributed by atoms with E-state index in [-0.39, 0.29) is 72.3 Å². The van der Waals surface area contributed by atoms with Gasteiger partial charge in [-0.2, -0.15) is 0 Å². The maximum absolute atomic E-state index is 13.9. The third-order valence-corrected chi connectivity index (χ3v) is 20.9. The summed E-state index contributed by atoms with van der Waals surface area (Å²) >= 11 is 0. The van der Waals surface area contributed by atoms with Gasteiger partial charge in [0.2, 0.25) is 23.6 Å². The Balaban J connectivity index is 0.000000176. The lowest BCUT2D eigenvalue weighted by atomic mass is 9.93. The van der Waals surface area contributed by atoms with Crippen LogP contribution in [0.4, 0.5) is 0 Å². The Hall–Kier alpha value is -8.54. The number of aryl methyl sites for hydroxylation is 4. The number of epoxide rings is 1. The maximum Gasteiger partial charge on any atom is 0.239 e. The number of aliphatic hydroxyl groups is 1. The van der Waals surface area contributed by atoms with Crippen LogP contribution in [-0.2, 0) is 49.6 Å². The number of piperidine rings is 4. The number of hydrogen-bond donors (Lipinski definition) is 4. The number of likely N-dealkylation sites (tertiary alicyclic amines) is 3. The molecule has 7 heterocycles. The largest absolute Gasteiger partial charge is 0.490 e. The fraction of sp³-hybridized carbons (Fsp3) is 0.465. The van der Waals surface area contributed by atoms with E-state index in [4.69, 9.17) is 14.2 Å². The first kappa shape index (κ1) is 74.6. The molecule has 0 radical (unpaired) electrons. The number of fused-ring (bicyclic) bond motifs is 2. The van der Waals surface area contributed by atoms with Gasteiger partial charge in [-0.1, -0.05) is 146 Å². The number of aromatic nitrogens is 2. The average Bonchev–Trinajstić information content (AvgIpc) is 1.12. The molecule has 0 spiro atoms. The monoisotopic (exact) mass is 1380 g/mol. The summed E-state index contributed by atoms with van der Waals surface area (Å²) in [6.45, 7) is 6.27. The SMILES string of the molecule is O=C(NC(CCCc1ccccc1)CCCc1ccccc1)C1CCN(C(=O)C2CCCCN2)CC1.O=C(NC(CCCc1ccccc1)CCCc1ccccc1)C1CCN(C(=O)C2CCCCN2C[C@@H](O)COc2cccc3ncccc23)CC1.c1cc(OCC2CO2)c2cccnc2c1. The molecule has 13 rings (SSSR count). The molecule has 0 saturated carbocycles. The van der Waals surface area contributed by atoms with Gasteiger partial charge in [0.1, 0.15) is 36.9 Å². The van der Waals surface area contributed by atoms with Crippen LogP contribution >= 0.6 is 0 Å². The molecule has 2 aromatic heterocycles. The van der Waals surface area contributed by atoms with Crippen molar-refractivity contribution in [3.05, 3.63) is 217 Å². The van der Waals surface area contributed by atoms with Gasteiger partial charge < -0.3 is 45.1 Å². The van der Waals surface area contributed by atoms with Crippen molar-refractivity contribution < 1.29 is 38.5 Å². The molecule has 4 amide bonds. The minimum Gasteiger partial charge on any atom is -0.490 e. The van der Waals surface area contributed by atoms with Gasteiger partial charge in [-0.05, 0) is 212 Å². The van der Waals surface area contributed by atoms with Gasteiger partial charge >= 0.3 is 0 Å². The van der Waals surface area contributed by atoms with Crippen LogP contribution in [0.15, 0.2) is 194 Å². The molecule has 5 aliphatic rings. The van der Waals surface area contributed by atoms with E-state index in [1.165, 1.54) is 22.3 Å². The van der Waals surface area contributed by atoms with Crippen molar-refractivity contribution >= 4 is 45.4 Å². The molecule has 16 nitrogen and oxygen atoms in total. The van der Waals surface area contributed by atoms with Gasteiger partial charge in [0.05, 0.1) is 29.7 Å². The average molecular weight is 1380 g/mol. The minimum absolute atomic E-state index is 0.0131. The van der Waals surface area contributed by atoms with Crippen molar-refractivity contribution in [2.24, 2.45) is 11.8 Å². The van der Waals surface area contributed by atoms with Crippen molar-refractivity contribution in [1.82, 2.24) is 40.6 Å². The normalized spacial score (nSPS) is 18.3. The highest BCUT2D eigenvalue weighted by Gasteiger charge is 2.37. The number of carbonyl (C=O) groups is 4. The van der Waals surface area contributed by atoms with Gasteiger partial charge in [-0.25, -0.2) is 0 Å². The molecule has 5 aliphatic heterocycles. The Bertz CT molecular complexity index is 3690. The van der Waals surface area contributed by atoms with Crippen LogP contribution in [0.5, 0.6) is 11.5 Å². The molecule has 3 unspecified atom stereocenters. The van der Waals surface area contributed by atoms with Crippen LogP contribution in [-0.4, -0.2) is 155 Å². The second kappa shape index (κ2) is 40.3. The number of pyridine rings is 2. The molecule has 102 heavy (non-hydrogen) atoms. The van der Waals surface area contributed by atoms with Crippen LogP contribution in [0.1, 0.15) is 138 Å². The molecular formula is C86H108N8O8. The fourth-order valence-corrected chi connectivity index (χ4v) is 15.0. The third kappa shape index (κ3) is 23.8. The van der Waals surface area contributed by atoms with Gasteiger partial charge in [0.25, 0.3) is 0 Å². The lowest BCUT2D eigenvalue weighted by molar-refractivity contribution is -0.142. The van der Waals surface area contributed by atoms with Crippen molar-refractivity contribution in [3.8, 4) is 11.5 Å². The second-order valence-corrected chi connectivity index (χ2v) is 28.5. The number of aliphatic hydroxyl groups excluding tert-OH is 1. The Kier molecular flexibility index (Phi) is 29.5. The number of nitrogens with one attached hydrogen (secondary N) is 3. The first-order valence-corrected chi connectivity index (χ1v) is 38.2. The van der Waals surface area contributed by atoms with Crippen LogP contribution in [0.25, 0.3) is 21.8 Å². The van der Waals surface area contributed by atoms with E-state index < -0.39 is 6.10 Å². The number of hydrogen-bond acceptors (Lipinski definition) is 12. The summed E-state index contributed by atoms with van der Waals surface area (Å²) in [7, 11) is 0. The van der Waals surface area contributed by atoms with Crippen molar-refractivity contribution in [3.63, 3.8) is 0 Å². The Morgan fingerprint density at radius 1 is 0.490 bits per heavy atom. The summed E-state index contributed by atoms with van der Waals surface area (Å²) in [5.74, 6) is 2.19. The molecule has 16 heteroatoms. The summed E-state index contributed by atoms with van der Waals surface area (Å²) in [4.78, 5) is 68.3. The van der Waals surface area contributed by atoms with E-state index in [0.29, 0.717) is 57.9 Å². The van der Waals surface area contributed by atoms with E-state index in [2.05, 4.69) is 140 Å². The molecule has 4 atom stereocenters. The van der Waals surface area contributed by atoms with Crippen molar-refractivity contribution in [2.45, 2.75) is 178 Å². The Morgan fingerprint density at radius 2 is 0.931 bits per heavy atom. The van der Waals surface area contributed by atoms with E-state index in [1.54, 1.807) is 12.4 Å². The first-order valence-electron chi connectivity index (χ1n) is 38.2. The van der Waals surface area contributed by atoms with Crippen LogP contribution in [0.2, 0.25) is 0 Å². The zero-order valence-corrected chi connectivity index (χ0v) is 59.8. The highest BCUT2D eigenvalue weighted by molar-refractivity contribution is 5.86. The highest BCUT2D eigenvalue weighted by Crippen LogP contribution is 2.29. The lowest BCUT2D eigenvalue weighted by Crippen LogP contribution is -2.55. The number of β-amino-alcohol motifs (C(OH)–C–C–N with tert-alkyl or cyclic N) is 1. The summed E-state index contributed by atoms with van der Waals surface area (Å²) in [6, 6.07) is 61.9. The molecule has 540 valence electrons. The Labute approximate surface area is 604 Å². The summed E-state index contributed by atoms with van der Waals surface area (Å²) in [5.41, 5.74) is 7.20. The van der Waals surface area contributed by atoms with Gasteiger partial charge in [-0.15, -0.1) is 0 Å². The van der Waals surface area contributed by atoms with Crippen molar-refractivity contribution in [1.29, 1.82) is 0 Å². The smallest absolute Gasteiger partial charge is 0.239 e. The number of ether oxygens (including phenoxy) is 3. The molecule has 5 fully saturated rings. The Morgan fingerprint density at radius 3 is 1.37 bits per heavy atom. The number of amides is 4. The highest BCUT2D eigenvalue weighted by atomic mass is 16.6. The molecular weight excluding hydrogens is 1270 g/mol. The predicted octanol–water partition coefficient (Wildman–Crippen LogP) is 13.5. The summed E-state index contributed by atoms with van der Waals surface area (Å²) in [6.07, 6.45) is 24.2. The molecule has 4 N–H and O–H groups in total. The minimum atomic E-state index is -0.729. The second-order valence-electron chi connectivity index (χ2n) is 28.5. The number of nitrogens with zero attached hydrogens (tertiary/aromatic N) is 5. The number of rotatable bonds is 30. The number of benzene rings is 6. The molecule has 0 bridgehead atoms. The summed E-state index contributed by atoms with van der Waals surface area (Å²) < 4.78 is 16.8. The van der Waals surface area contributed by atoms with Gasteiger partial charge in [0, 0.05) is 79.8 Å². The number of carbonyl (C=O) groups excluding carboxylic acids is 4. The predicted molar refractivity (Wildman–Crippen MR) is 405 cm³/mol. The zero-order valence-electron chi connectivity index (χ0n) is 59.8. The molecule has 6 aromatic carbocycles. The fourth-order valence-electron chi connectivity index (χ4n) is 15.0. The first-order chi connectivity index (χ1) is 50.1. The summed E-state index contributed by atoms with van der Waals surface area (Å²) in [5, 5.41) is 23.2. The lowest BCUT2D eigenvalue weighted by Gasteiger charge is -2.40. The molecule has 0 aliphatic carbocycles. The van der Waals surface area contributed by atoms with E-state index >= 15 is 0 Å². The molecule has 8 aromatic rings. The van der Waals surface area contributed by atoms with Gasteiger partial charge in [-0.3, -0.25) is 34.0 Å². The van der Waals surface area contributed by atoms with E-state index in [9.17, 15) is 24.3 Å². The standard InChI is InChI=1S/C43H54N4O4.C31H43N3O2.C12H11NO2/c48-37(32-51-41-24-11-22-39-38(41)21-12-27-44-39)31-47-28-8-7-23-40(47)43(50)46-29-25-35(26-30-46)42(49)45-36(19-9-17-33-13-3-1-4-14-33)20-10-18-34-15-5-2-6-16-34;35-30(27-20-23-34(24-21-27)31(36)29-19-7-8-22-32-29)33-28(17-9-15-25-11-3-1-4-12-25)18-10-16-26-13-5-2-6-14-26;1-4-11-10(3-2-6-13-11)12(5-1)15-8-9-7-14-9/h1-6,11-16,21-22,24,27,35-37,40,48H,7-10,17-20,23,25-26,28-32H2,(H,45,49);1-6,11-14,27-29,32H,7-10,15-24H2,(H,33,35);1-6,9H,7-8H2/t37-,40?;;/m1../s1. The van der Waals surface area contributed by atoms with Crippen LogP contribution < -0.4 is 25.4 Å². The van der Waals surface area contributed by atoms with Gasteiger partial charge in [0.15, 0.2) is 0 Å². The van der Waals surface area contributed by atoms with E-state index in [1.807, 2.05) is 82.6 Å². The topological polar surface area (TPSA) is 191 Å². The zero-order chi connectivity index (χ0) is 70.3.